The lowest BCUT2D eigenvalue weighted by Gasteiger charge is -2.05. The molecule has 3 aromatic rings. The molecule has 0 aliphatic rings. The highest BCUT2D eigenvalue weighted by atomic mass is 14.9. The molecule has 0 radical (unpaired) electrons. The zero-order valence-electron chi connectivity index (χ0n) is 11.5. The minimum absolute atomic E-state index is 0.853. The topological polar surface area (TPSA) is 30.7 Å². The summed E-state index contributed by atoms with van der Waals surface area (Å²) >= 11 is 0. The number of hydrogen-bond donors (Lipinski definition) is 0. The highest BCUT2D eigenvalue weighted by Crippen LogP contribution is 2.09. The first-order valence-corrected chi connectivity index (χ1v) is 6.75. The molecule has 100 valence electrons. The third-order valence-electron chi connectivity index (χ3n) is 3.28. The molecule has 0 fully saturated rings. The largest absolute Gasteiger partial charge is 0.350 e. The molecule has 0 amide bonds. The lowest BCUT2D eigenvalue weighted by atomic mass is 10.1. The maximum absolute atomic E-state index is 4.54. The monoisotopic (exact) mass is 263 g/mol. The molecular formula is C17H17N3. The quantitative estimate of drug-likeness (QED) is 0.723. The molecule has 3 rings (SSSR count). The summed E-state index contributed by atoms with van der Waals surface area (Å²) in [7, 11) is 0. The van der Waals surface area contributed by atoms with Crippen molar-refractivity contribution >= 4 is 0 Å². The fourth-order valence-electron chi connectivity index (χ4n) is 2.23. The Morgan fingerprint density at radius 2 is 1.85 bits per heavy atom. The van der Waals surface area contributed by atoms with E-state index in [4.69, 9.17) is 0 Å². The summed E-state index contributed by atoms with van der Waals surface area (Å²) < 4.78 is 2.18. The van der Waals surface area contributed by atoms with E-state index in [1.165, 1.54) is 16.7 Å². The SMILES string of the molecule is Cc1ccn(Cc2ccc(Cc3ccncc3)nc2)c1. The first kappa shape index (κ1) is 12.6. The van der Waals surface area contributed by atoms with E-state index in [0.717, 1.165) is 18.7 Å². The standard InChI is InChI=1S/C17H17N3/c1-14-6-9-20(12-14)13-16-2-3-17(19-11-16)10-15-4-7-18-8-5-15/h2-9,11-12H,10,13H2,1H3. The molecule has 0 N–H and O–H groups in total. The molecule has 3 heterocycles. The summed E-state index contributed by atoms with van der Waals surface area (Å²) in [6.45, 7) is 2.98. The van der Waals surface area contributed by atoms with Crippen LogP contribution in [0.3, 0.4) is 0 Å². The van der Waals surface area contributed by atoms with Crippen LogP contribution in [-0.4, -0.2) is 14.5 Å². The highest BCUT2D eigenvalue weighted by molar-refractivity contribution is 5.22. The van der Waals surface area contributed by atoms with Crippen LogP contribution in [-0.2, 0) is 13.0 Å². The van der Waals surface area contributed by atoms with Crippen molar-refractivity contribution in [2.75, 3.05) is 0 Å². The predicted octanol–water partition coefficient (Wildman–Crippen LogP) is 3.23. The molecule has 3 heteroatoms. The fraction of sp³-hybridized carbons (Fsp3) is 0.176. The van der Waals surface area contributed by atoms with Crippen LogP contribution in [0.2, 0.25) is 0 Å². The van der Waals surface area contributed by atoms with Crippen molar-refractivity contribution in [3.8, 4) is 0 Å². The van der Waals surface area contributed by atoms with Crippen LogP contribution in [0, 0.1) is 6.92 Å². The maximum Gasteiger partial charge on any atom is 0.0485 e. The molecule has 0 spiro atoms. The molecule has 3 aromatic heterocycles. The number of rotatable bonds is 4. The van der Waals surface area contributed by atoms with Crippen LogP contribution in [0.15, 0.2) is 61.3 Å². The van der Waals surface area contributed by atoms with Gasteiger partial charge in [0.1, 0.15) is 0 Å². The van der Waals surface area contributed by atoms with E-state index < -0.39 is 0 Å². The number of nitrogens with zero attached hydrogens (tertiary/aromatic N) is 3. The summed E-state index contributed by atoms with van der Waals surface area (Å²) in [6, 6.07) is 10.4. The van der Waals surface area contributed by atoms with Crippen molar-refractivity contribution in [1.82, 2.24) is 14.5 Å². The Labute approximate surface area is 118 Å². The van der Waals surface area contributed by atoms with Crippen LogP contribution in [0.5, 0.6) is 0 Å². The van der Waals surface area contributed by atoms with Gasteiger partial charge in [-0.25, -0.2) is 0 Å². The van der Waals surface area contributed by atoms with Gasteiger partial charge in [-0.3, -0.25) is 9.97 Å². The molecule has 0 aliphatic heterocycles. The van der Waals surface area contributed by atoms with E-state index in [1.54, 1.807) is 0 Å². The summed E-state index contributed by atoms with van der Waals surface area (Å²) in [4.78, 5) is 8.57. The fourth-order valence-corrected chi connectivity index (χ4v) is 2.23. The maximum atomic E-state index is 4.54. The summed E-state index contributed by atoms with van der Waals surface area (Å²) in [5, 5.41) is 0. The van der Waals surface area contributed by atoms with Gasteiger partial charge < -0.3 is 4.57 Å². The van der Waals surface area contributed by atoms with E-state index in [0.29, 0.717) is 0 Å². The first-order chi connectivity index (χ1) is 9.79. The van der Waals surface area contributed by atoms with Gasteiger partial charge in [-0.2, -0.15) is 0 Å². The zero-order valence-corrected chi connectivity index (χ0v) is 11.5. The molecule has 20 heavy (non-hydrogen) atoms. The van der Waals surface area contributed by atoms with Crippen molar-refractivity contribution in [2.24, 2.45) is 0 Å². The Morgan fingerprint density at radius 3 is 2.50 bits per heavy atom. The molecule has 0 aliphatic carbocycles. The van der Waals surface area contributed by atoms with E-state index in [1.807, 2.05) is 30.7 Å². The second-order valence-corrected chi connectivity index (χ2v) is 5.05. The molecule has 0 aromatic carbocycles. The van der Waals surface area contributed by atoms with Crippen molar-refractivity contribution in [3.05, 3.63) is 83.7 Å². The predicted molar refractivity (Wildman–Crippen MR) is 79.6 cm³/mol. The van der Waals surface area contributed by atoms with Crippen LogP contribution < -0.4 is 0 Å². The van der Waals surface area contributed by atoms with Crippen molar-refractivity contribution in [2.45, 2.75) is 19.9 Å². The Balaban J connectivity index is 1.68. The van der Waals surface area contributed by atoms with Gasteiger partial charge in [0, 0.05) is 49.6 Å². The highest BCUT2D eigenvalue weighted by Gasteiger charge is 2.00. The lowest BCUT2D eigenvalue weighted by molar-refractivity contribution is 0.798. The van der Waals surface area contributed by atoms with E-state index in [-0.39, 0.29) is 0 Å². The third kappa shape index (κ3) is 3.12. The molecular weight excluding hydrogens is 246 g/mol. The van der Waals surface area contributed by atoms with Gasteiger partial charge in [-0.1, -0.05) is 6.07 Å². The third-order valence-corrected chi connectivity index (χ3v) is 3.28. The lowest BCUT2D eigenvalue weighted by Crippen LogP contribution is -1.99. The Bertz CT molecular complexity index is 669. The minimum Gasteiger partial charge on any atom is -0.350 e. The van der Waals surface area contributed by atoms with Crippen molar-refractivity contribution in [3.63, 3.8) is 0 Å². The van der Waals surface area contributed by atoms with E-state index in [9.17, 15) is 0 Å². The van der Waals surface area contributed by atoms with Crippen molar-refractivity contribution < 1.29 is 0 Å². The number of aryl methyl sites for hydroxylation is 1. The van der Waals surface area contributed by atoms with E-state index in [2.05, 4.69) is 52.1 Å². The van der Waals surface area contributed by atoms with Crippen LogP contribution >= 0.6 is 0 Å². The summed E-state index contributed by atoms with van der Waals surface area (Å²) in [5.74, 6) is 0. The van der Waals surface area contributed by atoms with Crippen LogP contribution in [0.25, 0.3) is 0 Å². The van der Waals surface area contributed by atoms with Gasteiger partial charge >= 0.3 is 0 Å². The first-order valence-electron chi connectivity index (χ1n) is 6.75. The average Bonchev–Trinajstić information content (AvgIpc) is 2.88. The molecule has 0 saturated heterocycles. The summed E-state index contributed by atoms with van der Waals surface area (Å²) in [6.07, 6.45) is 10.7. The van der Waals surface area contributed by atoms with Crippen molar-refractivity contribution in [1.29, 1.82) is 0 Å². The molecule has 3 nitrogen and oxygen atoms in total. The normalized spacial score (nSPS) is 10.7. The average molecular weight is 263 g/mol. The van der Waals surface area contributed by atoms with Gasteiger partial charge in [0.05, 0.1) is 0 Å². The van der Waals surface area contributed by atoms with Gasteiger partial charge in [-0.05, 0) is 47.9 Å². The smallest absolute Gasteiger partial charge is 0.0485 e. The van der Waals surface area contributed by atoms with Gasteiger partial charge in [0.25, 0.3) is 0 Å². The van der Waals surface area contributed by atoms with E-state index >= 15 is 0 Å². The van der Waals surface area contributed by atoms with Gasteiger partial charge in [-0.15, -0.1) is 0 Å². The second kappa shape index (κ2) is 5.70. The van der Waals surface area contributed by atoms with Gasteiger partial charge in [0.15, 0.2) is 0 Å². The number of aromatic nitrogens is 3. The van der Waals surface area contributed by atoms with Gasteiger partial charge in [0.2, 0.25) is 0 Å². The minimum atomic E-state index is 0.853. The second-order valence-electron chi connectivity index (χ2n) is 5.05. The number of hydrogen-bond acceptors (Lipinski definition) is 2. The molecule has 0 atom stereocenters. The Hall–Kier alpha value is -2.42. The summed E-state index contributed by atoms with van der Waals surface area (Å²) in [5.41, 5.74) is 4.83. The Morgan fingerprint density at radius 1 is 1.00 bits per heavy atom. The molecule has 0 saturated carbocycles. The van der Waals surface area contributed by atoms with Crippen LogP contribution in [0.1, 0.15) is 22.4 Å². The van der Waals surface area contributed by atoms with Crippen LogP contribution in [0.4, 0.5) is 0 Å². The molecule has 0 unspecified atom stereocenters. The number of pyridine rings is 2. The zero-order chi connectivity index (χ0) is 13.8. The Kier molecular flexibility index (Phi) is 3.59. The molecule has 0 bridgehead atoms.